The molecule has 0 aromatic heterocycles. The van der Waals surface area contributed by atoms with Crippen molar-refractivity contribution in [1.29, 1.82) is 0 Å². The monoisotopic (exact) mass is 1340 g/mol. The molecule has 0 aliphatic carbocycles. The fraction of sp³-hybridized carbons (Fsp3) is 0.515. The molecule has 0 fully saturated rings. The Labute approximate surface area is 620 Å². The highest BCUT2D eigenvalue weighted by atomic mass is 14.2. The summed E-state index contributed by atoms with van der Waals surface area (Å²) in [5.74, 6) is 7.37. The van der Waals surface area contributed by atoms with Crippen molar-refractivity contribution in [2.45, 2.75) is 327 Å². The number of hydrogen-bond acceptors (Lipinski definition) is 0. The fourth-order valence-electron chi connectivity index (χ4n) is 14.1. The van der Waals surface area contributed by atoms with Gasteiger partial charge in [0.1, 0.15) is 0 Å². The van der Waals surface area contributed by atoms with Crippen LogP contribution in [0.4, 0.5) is 0 Å². The lowest BCUT2D eigenvalue weighted by molar-refractivity contribution is 0.620. The van der Waals surface area contributed by atoms with E-state index in [0.29, 0.717) is 58.8 Å². The van der Waals surface area contributed by atoms with Crippen LogP contribution in [0.1, 0.15) is 373 Å². The van der Waals surface area contributed by atoms with Crippen molar-refractivity contribution in [2.24, 2.45) is 11.8 Å². The minimum Gasteiger partial charge on any atom is -0.0625 e. The Morgan fingerprint density at radius 2 is 0.596 bits per heavy atom. The van der Waals surface area contributed by atoms with Crippen LogP contribution in [-0.4, -0.2) is 0 Å². The number of aryl methyl sites for hydroxylation is 10. The zero-order valence-corrected chi connectivity index (χ0v) is 70.4. The summed E-state index contributed by atoms with van der Waals surface area (Å²) in [6.07, 6.45) is 4.72. The van der Waals surface area contributed by atoms with E-state index in [4.69, 9.17) is 5.48 Å². The molecule has 546 valence electrons. The summed E-state index contributed by atoms with van der Waals surface area (Å²) in [6, 6.07) is 46.6. The molecule has 0 nitrogen and oxygen atoms in total. The molecule has 0 radical (unpaired) electrons. The van der Waals surface area contributed by atoms with Crippen LogP contribution >= 0.6 is 0 Å². The van der Waals surface area contributed by atoms with E-state index in [1.807, 2.05) is 13.8 Å². The van der Waals surface area contributed by atoms with Crippen molar-refractivity contribution in [1.82, 2.24) is 0 Å². The Hall–Kier alpha value is -6.24. The zero-order chi connectivity index (χ0) is 79.2. The molecule has 0 N–H and O–H groups in total. The molecule has 0 aliphatic rings. The van der Waals surface area contributed by atoms with Crippen molar-refractivity contribution in [2.75, 3.05) is 0 Å². The average molecular weight is 1340 g/mol. The standard InChI is InChI=1S/C17H28.C15H24.C13H20.C12H18.2C11H16.2C10H14/c1-12(2)10-15-8-7-9-16(11-13(3)4)17(15)14(5)6;1-10(2)13-8-7-9-14(11(3)4)15(13)12(5)6;1-5-11-8-7-9-12(6-2)13(11)10(3)4;1-8(2)12-10(4)6-9(3)7-11(12)5;1-8(2)11-7-9(3)5-6-10(11)4;1-8(2)11-9(3)6-5-7-10(11)4;1-8(2)10-6-4-9(3)5-7-10;1-8(2)10-7-5-4-6-9(10)3/h7-9,12-14H,10-11H2,1-6H3;7-12H,1-6H3;7-10H,5-6H2,1-4H3;6-8H,1-5H3;2*5-8H,1-4H3;2*4-8H,1-3H3/i;;;;;;;4D,5D,6D,7D. The highest BCUT2D eigenvalue weighted by molar-refractivity contribution is 5.43. The SMILES string of the molecule is CC(C)Cc1cccc(CC(C)C)c1C(C)C.CC(C)c1cccc(C(C)C)c1C(C)C.CCc1cccc(CC)c1C(C)C.Cc1cc(C)c(C(C)C)c(C)c1.Cc1ccc(C(C)C)cc1.Cc1ccc(C)c(C(C)C)c1.Cc1cccc(C)c1C(C)C.[2H]c1c([2H])c([2H])c(C(C)C)c(C)c1[2H]. The maximum atomic E-state index is 7.71. The molecule has 0 bridgehead atoms. The van der Waals surface area contributed by atoms with Gasteiger partial charge in [0.2, 0.25) is 0 Å². The number of rotatable bonds is 16. The van der Waals surface area contributed by atoms with Crippen LogP contribution in [-0.2, 0) is 25.7 Å². The van der Waals surface area contributed by atoms with E-state index in [2.05, 4.69) is 349 Å². The highest BCUT2D eigenvalue weighted by Crippen LogP contribution is 2.34. The minimum absolute atomic E-state index is 0.0784. The van der Waals surface area contributed by atoms with Crippen LogP contribution in [0, 0.1) is 74.1 Å². The van der Waals surface area contributed by atoms with Gasteiger partial charge in [-0.15, -0.1) is 0 Å². The van der Waals surface area contributed by atoms with Gasteiger partial charge in [-0.05, 0) is 270 Å². The van der Waals surface area contributed by atoms with E-state index in [9.17, 15) is 0 Å². The first-order chi connectivity index (χ1) is 47.9. The smallest absolute Gasteiger partial charge is 0.0625 e. The largest absolute Gasteiger partial charge is 0.0626 e. The van der Waals surface area contributed by atoms with Crippen molar-refractivity contribution >= 4 is 0 Å². The number of hydrogen-bond donors (Lipinski definition) is 0. The van der Waals surface area contributed by atoms with E-state index in [1.165, 1.54) is 102 Å². The lowest BCUT2D eigenvalue weighted by atomic mass is 9.83. The Balaban J connectivity index is 0.000000591. The second-order valence-electron chi connectivity index (χ2n) is 32.2. The van der Waals surface area contributed by atoms with Crippen LogP contribution in [0.25, 0.3) is 0 Å². The predicted octanol–water partition coefficient (Wildman–Crippen LogP) is 31.0. The molecular formula is C99H150. The molecular weight excluding hydrogens is 1190 g/mol. The van der Waals surface area contributed by atoms with Gasteiger partial charge in [0.05, 0.1) is 5.48 Å². The van der Waals surface area contributed by atoms with Crippen molar-refractivity contribution in [3.05, 3.63) is 280 Å². The molecule has 8 rings (SSSR count). The van der Waals surface area contributed by atoms with Crippen molar-refractivity contribution in [3.63, 3.8) is 0 Å². The van der Waals surface area contributed by atoms with Crippen LogP contribution in [0.5, 0.6) is 0 Å². The summed E-state index contributed by atoms with van der Waals surface area (Å²) < 4.78 is 30.3. The van der Waals surface area contributed by atoms with Gasteiger partial charge < -0.3 is 0 Å². The molecule has 0 saturated carbocycles. The van der Waals surface area contributed by atoms with Crippen LogP contribution in [0.2, 0.25) is 0 Å². The van der Waals surface area contributed by atoms with Gasteiger partial charge in [-0.3, -0.25) is 0 Å². The first kappa shape index (κ1) is 83.4. The molecule has 0 amide bonds. The van der Waals surface area contributed by atoms with E-state index in [1.54, 1.807) is 34.7 Å². The minimum atomic E-state index is -0.142. The fourth-order valence-corrected chi connectivity index (χ4v) is 14.1. The summed E-state index contributed by atoms with van der Waals surface area (Å²) in [5, 5.41) is 0. The summed E-state index contributed by atoms with van der Waals surface area (Å²) in [5.41, 5.74) is 32.4. The Morgan fingerprint density at radius 3 is 0.939 bits per heavy atom. The summed E-state index contributed by atoms with van der Waals surface area (Å²) in [4.78, 5) is 0. The second kappa shape index (κ2) is 46.3. The molecule has 8 aromatic rings. The summed E-state index contributed by atoms with van der Waals surface area (Å²) in [7, 11) is 0. The van der Waals surface area contributed by atoms with Crippen molar-refractivity contribution < 1.29 is 5.48 Å². The molecule has 0 heterocycles. The average Bonchev–Trinajstić information content (AvgIpc) is 0.807. The van der Waals surface area contributed by atoms with E-state index >= 15 is 0 Å². The number of benzene rings is 8. The van der Waals surface area contributed by atoms with Crippen LogP contribution in [0.15, 0.2) is 152 Å². The molecule has 0 aliphatic heterocycles. The first-order valence-electron chi connectivity index (χ1n) is 40.6. The van der Waals surface area contributed by atoms with Gasteiger partial charge in [0, 0.05) is 0 Å². The zero-order valence-electron chi connectivity index (χ0n) is 74.4. The third-order valence-corrected chi connectivity index (χ3v) is 18.5. The summed E-state index contributed by atoms with van der Waals surface area (Å²) >= 11 is 0. The van der Waals surface area contributed by atoms with Crippen LogP contribution in [0.3, 0.4) is 0 Å². The molecule has 0 saturated heterocycles. The second-order valence-corrected chi connectivity index (χ2v) is 32.2. The Kier molecular flexibility index (Phi) is 39.0. The predicted molar refractivity (Wildman–Crippen MR) is 451 cm³/mol. The lowest BCUT2D eigenvalue weighted by Gasteiger charge is -2.22. The molecule has 0 heteroatoms. The normalized spacial score (nSPS) is 11.6. The van der Waals surface area contributed by atoms with Gasteiger partial charge in [-0.1, -0.05) is 348 Å². The van der Waals surface area contributed by atoms with Gasteiger partial charge in [0.25, 0.3) is 0 Å². The molecule has 8 aromatic carbocycles. The van der Waals surface area contributed by atoms with Crippen molar-refractivity contribution in [3.8, 4) is 0 Å². The van der Waals surface area contributed by atoms with Gasteiger partial charge in [-0.25, -0.2) is 0 Å². The van der Waals surface area contributed by atoms with E-state index in [-0.39, 0.29) is 30.1 Å². The first-order valence-corrected chi connectivity index (χ1v) is 38.6. The van der Waals surface area contributed by atoms with Crippen LogP contribution < -0.4 is 0 Å². The van der Waals surface area contributed by atoms with Gasteiger partial charge in [-0.2, -0.15) is 0 Å². The molecule has 0 spiro atoms. The Morgan fingerprint density at radius 1 is 0.253 bits per heavy atom. The molecule has 0 atom stereocenters. The third-order valence-electron chi connectivity index (χ3n) is 18.5. The maximum absolute atomic E-state index is 7.71. The van der Waals surface area contributed by atoms with E-state index in [0.717, 1.165) is 30.2 Å². The quantitative estimate of drug-likeness (QED) is 0.0904. The third kappa shape index (κ3) is 32.1. The highest BCUT2D eigenvalue weighted by Gasteiger charge is 2.17. The topological polar surface area (TPSA) is 0 Å². The van der Waals surface area contributed by atoms with Gasteiger partial charge >= 0.3 is 0 Å². The van der Waals surface area contributed by atoms with Gasteiger partial charge in [0.15, 0.2) is 0 Å². The summed E-state index contributed by atoms with van der Waals surface area (Å²) in [6.45, 7) is 77.5. The molecule has 99 heavy (non-hydrogen) atoms. The lowest BCUT2D eigenvalue weighted by Crippen LogP contribution is -2.07. The maximum Gasteiger partial charge on any atom is 0.0626 e. The van der Waals surface area contributed by atoms with E-state index < -0.39 is 0 Å². The molecule has 0 unspecified atom stereocenters. The Bertz CT molecular complexity index is 3610.